The summed E-state index contributed by atoms with van der Waals surface area (Å²) in [6.45, 7) is 36.6. The van der Waals surface area contributed by atoms with Gasteiger partial charge in [-0.2, -0.15) is 0 Å². The van der Waals surface area contributed by atoms with Crippen LogP contribution in [0.15, 0.2) is 176 Å². The zero-order chi connectivity index (χ0) is 58.5. The van der Waals surface area contributed by atoms with Crippen molar-refractivity contribution in [3.05, 3.63) is 198 Å². The Morgan fingerprint density at radius 2 is 0.744 bits per heavy atom. The van der Waals surface area contributed by atoms with E-state index >= 15 is 0 Å². The second-order valence-corrected chi connectivity index (χ2v) is 27.3. The smallest absolute Gasteiger partial charge is 0.399 e. The van der Waals surface area contributed by atoms with Crippen LogP contribution in [0.4, 0.5) is 0 Å². The number of halogens is 1. The van der Waals surface area contributed by atoms with Gasteiger partial charge >= 0.3 is 14.2 Å². The van der Waals surface area contributed by atoms with E-state index < -0.39 is 7.12 Å². The average Bonchev–Trinajstić information content (AvgIpc) is 3.19. The van der Waals surface area contributed by atoms with Gasteiger partial charge in [-0.15, -0.1) is 0 Å². The Hall–Kier alpha value is -6.45. The summed E-state index contributed by atoms with van der Waals surface area (Å²) in [5.41, 5.74) is 13.7. The molecule has 2 aliphatic rings. The quantitative estimate of drug-likeness (QED) is 0.121. The van der Waals surface area contributed by atoms with E-state index in [4.69, 9.17) is 40.2 Å². The second kappa shape index (κ2) is 23.3. The van der Waals surface area contributed by atoms with E-state index in [0.717, 1.165) is 44.6 Å². The van der Waals surface area contributed by atoms with E-state index in [-0.39, 0.29) is 53.2 Å². The summed E-state index contributed by atoms with van der Waals surface area (Å²) in [5, 5.41) is 5.37. The first-order valence-electron chi connectivity index (χ1n) is 28.4. The Morgan fingerprint density at radius 1 is 0.366 bits per heavy atom. The highest BCUT2D eigenvalue weighted by atomic mass is 35.5. The fourth-order valence-corrected chi connectivity index (χ4v) is 10.2. The van der Waals surface area contributed by atoms with Crippen LogP contribution in [0, 0.1) is 0 Å². The van der Waals surface area contributed by atoms with E-state index in [2.05, 4.69) is 268 Å². The zero-order valence-corrected chi connectivity index (χ0v) is 51.5. The number of nitrogens with zero attached hydrogens (tertiary/aromatic N) is 3. The number of benzene rings is 6. The van der Waals surface area contributed by atoms with Crippen molar-refractivity contribution in [1.82, 2.24) is 15.0 Å². The summed E-state index contributed by atoms with van der Waals surface area (Å²) in [6, 6.07) is 55.8. The molecule has 0 unspecified atom stereocenters. The highest BCUT2D eigenvalue weighted by Gasteiger charge is 2.53. The molecule has 3 aromatic heterocycles. The van der Waals surface area contributed by atoms with Gasteiger partial charge < -0.3 is 18.6 Å². The molecule has 2 aliphatic heterocycles. The van der Waals surface area contributed by atoms with Crippen molar-refractivity contribution < 1.29 is 18.6 Å². The van der Waals surface area contributed by atoms with Gasteiger partial charge in [-0.3, -0.25) is 9.97 Å². The summed E-state index contributed by atoms with van der Waals surface area (Å²) in [6.07, 6.45) is 5.59. The third-order valence-corrected chi connectivity index (χ3v) is 16.9. The lowest BCUT2D eigenvalue weighted by molar-refractivity contribution is 0.00578. The molecule has 2 fully saturated rings. The summed E-state index contributed by atoms with van der Waals surface area (Å²) in [7, 11) is -0.779. The van der Waals surface area contributed by atoms with Gasteiger partial charge in [-0.25, -0.2) is 4.98 Å². The molecule has 0 saturated carbocycles. The number of aromatic nitrogens is 3. The SMILES string of the molecule is C.CC(C)(C)c1ccnc(-c2cccc(-c3cccc4ccc(-c5cc(C(C)(C)C)ccn5)cc34)c2)c1.CC(C)(C)c1ccnc(Cl)c1.CC1(C)OB(c2cccc(-c3cccc4ccc(B5OC(C)(C)C(C)(C)O5)cc34)c2)OC1(C)C. The standard InChI is InChI=1S/C34H34N2.C28H34B2O4.C9H12ClN.CH4/c1-33(2,3)27-15-17-35-31(21-27)25-11-7-10-24(19-25)29-12-8-9-23-13-14-26(20-30(23)29)32-22-28(16-18-36-32)34(4,5)6;1-25(2)26(3,4)32-29(31-25)21-13-9-12-20(17-21)23-14-10-11-19-15-16-22(18-24(19)23)30-33-27(5,6)28(7,8)34-30;1-9(2,3)7-4-5-11-8(10)6-7;/h7-22H,1-6H3;9-18H,1-8H3;4-6H,1-3H3;1H4. The summed E-state index contributed by atoms with van der Waals surface area (Å²) in [5.74, 6) is 0. The average molecular weight is 1110 g/mol. The molecule has 0 spiro atoms. The molecule has 6 aromatic carbocycles. The van der Waals surface area contributed by atoms with Crippen LogP contribution < -0.4 is 10.9 Å². The third kappa shape index (κ3) is 13.5. The van der Waals surface area contributed by atoms with E-state index in [1.165, 1.54) is 49.4 Å². The highest BCUT2D eigenvalue weighted by molar-refractivity contribution is 6.63. The van der Waals surface area contributed by atoms with E-state index in [1.54, 1.807) is 6.20 Å². The Bertz CT molecular complexity index is 3710. The van der Waals surface area contributed by atoms with Gasteiger partial charge in [0.25, 0.3) is 0 Å². The first-order chi connectivity index (χ1) is 37.9. The van der Waals surface area contributed by atoms with Crippen LogP contribution in [0.5, 0.6) is 0 Å². The molecular weight excluding hydrogens is 1030 g/mol. The van der Waals surface area contributed by atoms with Gasteiger partial charge in [0.2, 0.25) is 0 Å². The fraction of sp³-hybridized carbons (Fsp3) is 0.347. The Kier molecular flexibility index (Phi) is 17.5. The van der Waals surface area contributed by atoms with E-state index in [9.17, 15) is 0 Å². The molecule has 5 heterocycles. The van der Waals surface area contributed by atoms with Gasteiger partial charge in [0.1, 0.15) is 5.15 Å². The maximum Gasteiger partial charge on any atom is 0.494 e. The van der Waals surface area contributed by atoms with Crippen molar-refractivity contribution in [3.8, 4) is 44.8 Å². The van der Waals surface area contributed by atoms with Crippen molar-refractivity contribution in [2.45, 2.75) is 164 Å². The topological polar surface area (TPSA) is 75.6 Å². The molecule has 0 atom stereocenters. The van der Waals surface area contributed by atoms with Crippen molar-refractivity contribution in [2.24, 2.45) is 0 Å². The maximum absolute atomic E-state index is 6.31. The van der Waals surface area contributed by atoms with Crippen molar-refractivity contribution in [1.29, 1.82) is 0 Å². The number of rotatable bonds is 6. The minimum absolute atomic E-state index is 0. The third-order valence-electron chi connectivity index (χ3n) is 16.6. The molecule has 2 saturated heterocycles. The summed E-state index contributed by atoms with van der Waals surface area (Å²) >= 11 is 5.74. The lowest BCUT2D eigenvalue weighted by atomic mass is 9.76. The fourth-order valence-electron chi connectivity index (χ4n) is 10.0. The van der Waals surface area contributed by atoms with Crippen LogP contribution in [0.3, 0.4) is 0 Å². The Balaban J connectivity index is 0.000000180. The Labute approximate surface area is 495 Å². The molecule has 9 aromatic rings. The summed E-state index contributed by atoms with van der Waals surface area (Å²) < 4.78 is 25.2. The minimum Gasteiger partial charge on any atom is -0.399 e. The largest absolute Gasteiger partial charge is 0.494 e. The van der Waals surface area contributed by atoms with Gasteiger partial charge in [0, 0.05) is 29.7 Å². The zero-order valence-electron chi connectivity index (χ0n) is 50.8. The first kappa shape index (κ1) is 61.6. The highest BCUT2D eigenvalue weighted by Crippen LogP contribution is 2.40. The molecule has 424 valence electrons. The van der Waals surface area contributed by atoms with Crippen LogP contribution in [-0.4, -0.2) is 51.6 Å². The van der Waals surface area contributed by atoms with E-state index in [1.807, 2.05) is 24.5 Å². The second-order valence-electron chi connectivity index (χ2n) is 26.9. The van der Waals surface area contributed by atoms with Crippen LogP contribution in [0.25, 0.3) is 66.3 Å². The minimum atomic E-state index is -0.390. The molecule has 0 radical (unpaired) electrons. The van der Waals surface area contributed by atoms with Crippen molar-refractivity contribution in [2.75, 3.05) is 0 Å². The molecule has 0 aliphatic carbocycles. The molecule has 0 bridgehead atoms. The molecule has 0 amide bonds. The van der Waals surface area contributed by atoms with Crippen LogP contribution in [0.2, 0.25) is 5.15 Å². The van der Waals surface area contributed by atoms with Gasteiger partial charge in [-0.05, 0) is 192 Å². The molecule has 7 nitrogen and oxygen atoms in total. The van der Waals surface area contributed by atoms with Gasteiger partial charge in [-0.1, -0.05) is 191 Å². The molecular formula is C72H84B2ClN3O4. The maximum atomic E-state index is 6.31. The van der Waals surface area contributed by atoms with Crippen molar-refractivity contribution in [3.63, 3.8) is 0 Å². The number of hydrogen-bond donors (Lipinski definition) is 0. The summed E-state index contributed by atoms with van der Waals surface area (Å²) in [4.78, 5) is 13.3. The number of pyridine rings is 3. The predicted molar refractivity (Wildman–Crippen MR) is 349 cm³/mol. The Morgan fingerprint density at radius 3 is 1.21 bits per heavy atom. The monoisotopic (exact) mass is 1110 g/mol. The normalized spacial score (nSPS) is 16.2. The van der Waals surface area contributed by atoms with Gasteiger partial charge in [0.05, 0.1) is 33.8 Å². The predicted octanol–water partition coefficient (Wildman–Crippen LogP) is 18.0. The van der Waals surface area contributed by atoms with Crippen LogP contribution >= 0.6 is 11.6 Å². The molecule has 82 heavy (non-hydrogen) atoms. The number of fused-ring (bicyclic) bond motifs is 2. The molecule has 0 N–H and O–H groups in total. The van der Waals surface area contributed by atoms with E-state index in [0.29, 0.717) is 5.15 Å². The molecule has 11 rings (SSSR count). The number of hydrogen-bond acceptors (Lipinski definition) is 7. The van der Waals surface area contributed by atoms with Crippen LogP contribution in [0.1, 0.15) is 142 Å². The first-order valence-corrected chi connectivity index (χ1v) is 28.8. The van der Waals surface area contributed by atoms with Crippen molar-refractivity contribution >= 4 is 58.3 Å². The molecule has 10 heteroatoms. The van der Waals surface area contributed by atoms with Crippen LogP contribution in [-0.2, 0) is 34.9 Å². The lowest BCUT2D eigenvalue weighted by Gasteiger charge is -2.32. The van der Waals surface area contributed by atoms with Gasteiger partial charge in [0.15, 0.2) is 0 Å². The lowest BCUT2D eigenvalue weighted by Crippen LogP contribution is -2.41.